The van der Waals surface area contributed by atoms with Crippen molar-refractivity contribution in [2.75, 3.05) is 0 Å². The standard InChI is InChI=1S/C22H24I4N2O2/c1-19(23)7-5-15(13-21(3,25)11-9-19)27-17(29)18(30)28-16-6-8-20(2,24)10-12-22(4,26)14-16/h5-14H,1-4H3,(H,27,29)(H,28,30)/b7-5-,8-6?,11-9?,12-10-,15-13+,16-14?. The number of carbonyl (C=O) groups excluding carboxylic acids is 2. The van der Waals surface area contributed by atoms with Crippen LogP contribution in [0.1, 0.15) is 27.7 Å². The van der Waals surface area contributed by atoms with Gasteiger partial charge in [0, 0.05) is 11.4 Å². The van der Waals surface area contributed by atoms with E-state index in [1.54, 1.807) is 0 Å². The second kappa shape index (κ2) is 10.1. The number of rotatable bonds is 2. The molecule has 162 valence electrons. The highest BCUT2D eigenvalue weighted by Crippen LogP contribution is 2.32. The minimum absolute atomic E-state index is 0.171. The van der Waals surface area contributed by atoms with Gasteiger partial charge in [0.25, 0.3) is 0 Å². The lowest BCUT2D eigenvalue weighted by atomic mass is 10.0. The summed E-state index contributed by atoms with van der Waals surface area (Å²) in [6.07, 6.45) is 20.0. The van der Waals surface area contributed by atoms with Crippen LogP contribution >= 0.6 is 90.4 Å². The summed E-state index contributed by atoms with van der Waals surface area (Å²) in [5.74, 6) is -1.39. The summed E-state index contributed by atoms with van der Waals surface area (Å²) in [4.78, 5) is 25.2. The van der Waals surface area contributed by atoms with Crippen LogP contribution in [0.4, 0.5) is 0 Å². The van der Waals surface area contributed by atoms with Crippen molar-refractivity contribution in [3.05, 3.63) is 72.2 Å². The second-order valence-electron chi connectivity index (χ2n) is 8.05. The third-order valence-corrected chi connectivity index (χ3v) is 7.03. The maximum atomic E-state index is 12.6. The van der Waals surface area contributed by atoms with E-state index in [1.807, 2.05) is 50.3 Å². The van der Waals surface area contributed by atoms with Gasteiger partial charge < -0.3 is 10.6 Å². The largest absolute Gasteiger partial charge is 0.318 e. The van der Waals surface area contributed by atoms with Crippen molar-refractivity contribution in [1.82, 2.24) is 10.6 Å². The molecule has 4 nitrogen and oxygen atoms in total. The Morgan fingerprint density at radius 1 is 0.600 bits per heavy atom. The van der Waals surface area contributed by atoms with Crippen LogP contribution in [0.2, 0.25) is 0 Å². The number of nitrogens with one attached hydrogen (secondary N) is 2. The summed E-state index contributed by atoms with van der Waals surface area (Å²) in [7, 11) is 0. The molecule has 0 heterocycles. The van der Waals surface area contributed by atoms with Crippen LogP contribution in [-0.4, -0.2) is 25.5 Å². The zero-order chi connectivity index (χ0) is 22.8. The van der Waals surface area contributed by atoms with Crippen molar-refractivity contribution in [2.24, 2.45) is 0 Å². The molecule has 2 aliphatic carbocycles. The first-order chi connectivity index (χ1) is 13.6. The number of alkyl halides is 4. The Balaban J connectivity index is 2.19. The number of halogens is 4. The third-order valence-electron chi connectivity index (χ3n) is 4.25. The van der Waals surface area contributed by atoms with Crippen LogP contribution in [0.5, 0.6) is 0 Å². The molecule has 0 aromatic heterocycles. The average Bonchev–Trinajstić information content (AvgIpc) is 2.60. The van der Waals surface area contributed by atoms with Gasteiger partial charge in [0.15, 0.2) is 0 Å². The first kappa shape index (κ1) is 26.6. The van der Waals surface area contributed by atoms with Gasteiger partial charge in [0.1, 0.15) is 0 Å². The minimum Gasteiger partial charge on any atom is -0.318 e. The van der Waals surface area contributed by atoms with Gasteiger partial charge in [-0.15, -0.1) is 0 Å². The quantitative estimate of drug-likeness (QED) is 0.155. The van der Waals surface area contributed by atoms with Gasteiger partial charge in [-0.1, -0.05) is 127 Å². The topological polar surface area (TPSA) is 58.2 Å². The highest BCUT2D eigenvalue weighted by atomic mass is 127. The fourth-order valence-electron chi connectivity index (χ4n) is 2.60. The Morgan fingerprint density at radius 3 is 1.23 bits per heavy atom. The van der Waals surface area contributed by atoms with Gasteiger partial charge >= 0.3 is 11.8 Å². The van der Waals surface area contributed by atoms with Gasteiger partial charge in [-0.3, -0.25) is 9.59 Å². The molecule has 2 N–H and O–H groups in total. The van der Waals surface area contributed by atoms with Gasteiger partial charge in [-0.05, 0) is 52.0 Å². The van der Waals surface area contributed by atoms with Crippen molar-refractivity contribution >= 4 is 102 Å². The first-order valence-electron chi connectivity index (χ1n) is 9.21. The molecule has 0 saturated carbocycles. The molecule has 2 aliphatic rings. The number of hydrogen-bond donors (Lipinski definition) is 2. The predicted molar refractivity (Wildman–Crippen MR) is 159 cm³/mol. The maximum Gasteiger partial charge on any atom is 0.314 e. The summed E-state index contributed by atoms with van der Waals surface area (Å²) in [6, 6.07) is 0. The Bertz CT molecular complexity index is 830. The number of allylic oxidation sites excluding steroid dienone is 10. The summed E-state index contributed by atoms with van der Waals surface area (Å²) < 4.78 is -0.900. The van der Waals surface area contributed by atoms with Crippen LogP contribution in [0, 0.1) is 0 Å². The molecular weight excluding hydrogens is 832 g/mol. The molecule has 4 unspecified atom stereocenters. The van der Waals surface area contributed by atoms with E-state index in [0.29, 0.717) is 11.4 Å². The van der Waals surface area contributed by atoms with Crippen LogP contribution < -0.4 is 10.6 Å². The van der Waals surface area contributed by atoms with Gasteiger partial charge in [-0.25, -0.2) is 0 Å². The summed E-state index contributed by atoms with van der Waals surface area (Å²) >= 11 is 9.30. The fraction of sp³-hybridized carbons (Fsp3) is 0.364. The smallest absolute Gasteiger partial charge is 0.314 e. The SMILES string of the molecule is CC1(I)C=CC(C)(I)/C=C(NC(=O)C(=O)NC2=CC(C)(I)/C=C\C(C)(I)C=C2)\C=C/1. The second-order valence-corrected chi connectivity index (χ2v) is 17.3. The lowest BCUT2D eigenvalue weighted by Crippen LogP contribution is -2.39. The molecule has 0 saturated heterocycles. The summed E-state index contributed by atoms with van der Waals surface area (Å²) in [5, 5.41) is 5.49. The molecule has 0 radical (unpaired) electrons. The molecule has 0 aromatic carbocycles. The molecule has 0 aromatic rings. The van der Waals surface area contributed by atoms with Gasteiger partial charge in [0.05, 0.1) is 13.7 Å². The lowest BCUT2D eigenvalue weighted by Gasteiger charge is -2.23. The zero-order valence-electron chi connectivity index (χ0n) is 17.1. The maximum absolute atomic E-state index is 12.6. The van der Waals surface area contributed by atoms with E-state index in [2.05, 4.69) is 139 Å². The third kappa shape index (κ3) is 9.04. The van der Waals surface area contributed by atoms with Crippen LogP contribution in [0.3, 0.4) is 0 Å². The molecule has 0 bridgehead atoms. The van der Waals surface area contributed by atoms with E-state index >= 15 is 0 Å². The highest BCUT2D eigenvalue weighted by molar-refractivity contribution is 14.1. The van der Waals surface area contributed by atoms with Crippen molar-refractivity contribution in [3.63, 3.8) is 0 Å². The molecule has 0 fully saturated rings. The number of amides is 2. The fourth-order valence-corrected chi connectivity index (χ4v) is 4.35. The van der Waals surface area contributed by atoms with Crippen LogP contribution in [0.25, 0.3) is 0 Å². The van der Waals surface area contributed by atoms with Crippen molar-refractivity contribution in [2.45, 2.75) is 41.4 Å². The normalized spacial score (nSPS) is 39.9. The lowest BCUT2D eigenvalue weighted by molar-refractivity contribution is -0.138. The van der Waals surface area contributed by atoms with Crippen molar-refractivity contribution in [1.29, 1.82) is 0 Å². The number of hydrogen-bond acceptors (Lipinski definition) is 2. The van der Waals surface area contributed by atoms with Gasteiger partial charge in [0.2, 0.25) is 0 Å². The molecule has 0 spiro atoms. The van der Waals surface area contributed by atoms with Gasteiger partial charge in [-0.2, -0.15) is 0 Å². The molecule has 2 amide bonds. The molecule has 30 heavy (non-hydrogen) atoms. The highest BCUT2D eigenvalue weighted by Gasteiger charge is 2.24. The van der Waals surface area contributed by atoms with E-state index in [-0.39, 0.29) is 13.7 Å². The molecular formula is C22H24I4N2O2. The predicted octanol–water partition coefficient (Wildman–Crippen LogP) is 6.01. The monoisotopic (exact) mass is 856 g/mol. The van der Waals surface area contributed by atoms with E-state index in [4.69, 9.17) is 0 Å². The molecule has 4 atom stereocenters. The van der Waals surface area contributed by atoms with Crippen molar-refractivity contribution < 1.29 is 9.59 Å². The first-order valence-corrected chi connectivity index (χ1v) is 13.5. The Labute approximate surface area is 233 Å². The molecule has 8 heteroatoms. The summed E-state index contributed by atoms with van der Waals surface area (Å²) in [5.41, 5.74) is 1.20. The van der Waals surface area contributed by atoms with E-state index in [1.165, 1.54) is 0 Å². The Morgan fingerprint density at radius 2 is 0.900 bits per heavy atom. The molecule has 2 rings (SSSR count). The Hall–Kier alpha value is 0.300. The average molecular weight is 856 g/mol. The van der Waals surface area contributed by atoms with Crippen LogP contribution in [0.15, 0.2) is 72.2 Å². The van der Waals surface area contributed by atoms with Crippen molar-refractivity contribution in [3.8, 4) is 0 Å². The van der Waals surface area contributed by atoms with Crippen LogP contribution in [-0.2, 0) is 9.59 Å². The number of carbonyl (C=O) groups is 2. The molecule has 0 aliphatic heterocycles. The zero-order valence-corrected chi connectivity index (χ0v) is 25.7. The Kier molecular flexibility index (Phi) is 8.90. The summed E-state index contributed by atoms with van der Waals surface area (Å²) in [6.45, 7) is 8.24. The van der Waals surface area contributed by atoms with E-state index < -0.39 is 11.8 Å². The van der Waals surface area contributed by atoms with E-state index in [9.17, 15) is 9.59 Å². The van der Waals surface area contributed by atoms with E-state index in [0.717, 1.165) is 0 Å². The minimum atomic E-state index is -0.697.